The summed E-state index contributed by atoms with van der Waals surface area (Å²) in [6.45, 7) is 2.11. The van der Waals surface area contributed by atoms with Gasteiger partial charge in [-0.2, -0.15) is 0 Å². The molecule has 4 nitrogen and oxygen atoms in total. The van der Waals surface area contributed by atoms with Crippen LogP contribution >= 0.6 is 22.9 Å². The Morgan fingerprint density at radius 2 is 2.22 bits per heavy atom. The van der Waals surface area contributed by atoms with Crippen molar-refractivity contribution in [3.63, 3.8) is 0 Å². The number of thiazole rings is 1. The van der Waals surface area contributed by atoms with Crippen LogP contribution in [0.2, 0.25) is 5.02 Å². The van der Waals surface area contributed by atoms with Gasteiger partial charge in [-0.1, -0.05) is 17.7 Å². The maximum atomic E-state index is 12.0. The second kappa shape index (κ2) is 5.36. The number of sulfonamides is 1. The highest BCUT2D eigenvalue weighted by atomic mass is 35.5. The molecule has 0 saturated carbocycles. The van der Waals surface area contributed by atoms with Gasteiger partial charge in [0.05, 0.1) is 11.4 Å². The Labute approximate surface area is 115 Å². The molecule has 0 unspecified atom stereocenters. The molecule has 7 heteroatoms. The zero-order chi connectivity index (χ0) is 13.2. The number of hydrogen-bond donors (Lipinski definition) is 1. The largest absolute Gasteiger partial charge is 0.248 e. The van der Waals surface area contributed by atoms with Crippen LogP contribution in [-0.4, -0.2) is 13.4 Å². The van der Waals surface area contributed by atoms with Gasteiger partial charge in [0, 0.05) is 16.1 Å². The first kappa shape index (κ1) is 13.5. The lowest BCUT2D eigenvalue weighted by Crippen LogP contribution is -2.23. The van der Waals surface area contributed by atoms with Gasteiger partial charge in [0.25, 0.3) is 0 Å². The first-order valence-corrected chi connectivity index (χ1v) is 7.82. The molecule has 0 radical (unpaired) electrons. The maximum Gasteiger partial charge on any atom is 0.241 e. The van der Waals surface area contributed by atoms with Crippen molar-refractivity contribution in [2.75, 3.05) is 0 Å². The Morgan fingerprint density at radius 1 is 1.44 bits per heavy atom. The molecule has 18 heavy (non-hydrogen) atoms. The van der Waals surface area contributed by atoms with Crippen molar-refractivity contribution in [2.45, 2.75) is 18.4 Å². The highest BCUT2D eigenvalue weighted by molar-refractivity contribution is 7.89. The van der Waals surface area contributed by atoms with Gasteiger partial charge in [-0.05, 0) is 25.1 Å². The Morgan fingerprint density at radius 3 is 2.83 bits per heavy atom. The summed E-state index contributed by atoms with van der Waals surface area (Å²) < 4.78 is 26.4. The number of nitrogens with zero attached hydrogens (tertiary/aromatic N) is 1. The molecule has 0 amide bonds. The zero-order valence-corrected chi connectivity index (χ0v) is 11.9. The van der Waals surface area contributed by atoms with Gasteiger partial charge in [-0.3, -0.25) is 0 Å². The third-order valence-electron chi connectivity index (χ3n) is 2.19. The Balaban J connectivity index is 2.13. The molecule has 0 aliphatic carbocycles. The van der Waals surface area contributed by atoms with Gasteiger partial charge >= 0.3 is 0 Å². The number of hydrogen-bond acceptors (Lipinski definition) is 4. The van der Waals surface area contributed by atoms with E-state index < -0.39 is 10.0 Å². The molecule has 1 heterocycles. The second-order valence-corrected chi connectivity index (χ2v) is 7.17. The van der Waals surface area contributed by atoms with E-state index in [1.165, 1.54) is 23.5 Å². The highest BCUT2D eigenvalue weighted by Crippen LogP contribution is 2.16. The number of nitrogens with one attached hydrogen (secondary N) is 1. The van der Waals surface area contributed by atoms with E-state index in [2.05, 4.69) is 9.71 Å². The Kier molecular flexibility index (Phi) is 4.01. The smallest absolute Gasteiger partial charge is 0.241 e. The van der Waals surface area contributed by atoms with E-state index >= 15 is 0 Å². The number of benzene rings is 1. The van der Waals surface area contributed by atoms with E-state index in [1.807, 2.05) is 6.92 Å². The van der Waals surface area contributed by atoms with Gasteiger partial charge in [0.15, 0.2) is 0 Å². The van der Waals surface area contributed by atoms with Crippen molar-refractivity contribution in [2.24, 2.45) is 0 Å². The summed E-state index contributed by atoms with van der Waals surface area (Å²) in [6, 6.07) is 6.15. The van der Waals surface area contributed by atoms with Crippen LogP contribution in [0.3, 0.4) is 0 Å². The molecule has 0 spiro atoms. The van der Waals surface area contributed by atoms with Crippen LogP contribution in [0.1, 0.15) is 9.88 Å². The molecule has 2 rings (SSSR count). The minimum Gasteiger partial charge on any atom is -0.248 e. The van der Waals surface area contributed by atoms with Gasteiger partial charge in [-0.25, -0.2) is 18.1 Å². The third kappa shape index (κ3) is 3.29. The average molecular weight is 303 g/mol. The lowest BCUT2D eigenvalue weighted by molar-refractivity contribution is 0.581. The lowest BCUT2D eigenvalue weighted by atomic mass is 10.4. The summed E-state index contributed by atoms with van der Waals surface area (Å²) in [5, 5.41) is 1.13. The quantitative estimate of drug-likeness (QED) is 0.944. The summed E-state index contributed by atoms with van der Waals surface area (Å²) in [5.74, 6) is 0. The standard InChI is InChI=1S/C11H11ClN2O2S2/c1-8-6-13-11(17-8)7-14-18(15,16)10-4-2-3-9(12)5-10/h2-6,14H,7H2,1H3. The van der Waals surface area contributed by atoms with Crippen molar-refractivity contribution in [1.29, 1.82) is 0 Å². The van der Waals surface area contributed by atoms with E-state index in [-0.39, 0.29) is 11.4 Å². The topological polar surface area (TPSA) is 59.1 Å². The molecule has 1 aromatic carbocycles. The average Bonchev–Trinajstić information content (AvgIpc) is 2.73. The lowest BCUT2D eigenvalue weighted by Gasteiger charge is -2.05. The van der Waals surface area contributed by atoms with Crippen LogP contribution in [0, 0.1) is 6.92 Å². The fraction of sp³-hybridized carbons (Fsp3) is 0.182. The molecule has 1 aromatic heterocycles. The molecular formula is C11H11ClN2O2S2. The molecular weight excluding hydrogens is 292 g/mol. The third-order valence-corrected chi connectivity index (χ3v) is 4.74. The van der Waals surface area contributed by atoms with E-state index in [9.17, 15) is 8.42 Å². The molecule has 0 aliphatic heterocycles. The maximum absolute atomic E-state index is 12.0. The summed E-state index contributed by atoms with van der Waals surface area (Å²) >= 11 is 7.23. The van der Waals surface area contributed by atoms with Gasteiger partial charge in [0.1, 0.15) is 5.01 Å². The van der Waals surface area contributed by atoms with Gasteiger partial charge in [0.2, 0.25) is 10.0 Å². The number of rotatable bonds is 4. The molecule has 1 N–H and O–H groups in total. The van der Waals surface area contributed by atoms with E-state index in [0.717, 1.165) is 9.88 Å². The summed E-state index contributed by atoms with van der Waals surface area (Å²) in [6.07, 6.45) is 1.72. The summed E-state index contributed by atoms with van der Waals surface area (Å²) in [4.78, 5) is 5.30. The monoisotopic (exact) mass is 302 g/mol. The molecule has 0 saturated heterocycles. The minimum absolute atomic E-state index is 0.156. The Hall–Kier alpha value is -0.950. The fourth-order valence-corrected chi connectivity index (χ4v) is 3.46. The fourth-order valence-electron chi connectivity index (χ4n) is 1.36. The van der Waals surface area contributed by atoms with Gasteiger partial charge in [-0.15, -0.1) is 11.3 Å². The molecule has 96 valence electrons. The minimum atomic E-state index is -3.54. The SMILES string of the molecule is Cc1cnc(CNS(=O)(=O)c2cccc(Cl)c2)s1. The van der Waals surface area contributed by atoms with Crippen LogP contribution in [0.5, 0.6) is 0 Å². The normalized spacial score (nSPS) is 11.7. The first-order valence-electron chi connectivity index (χ1n) is 5.14. The van der Waals surface area contributed by atoms with E-state index in [0.29, 0.717) is 5.02 Å². The molecule has 0 bridgehead atoms. The highest BCUT2D eigenvalue weighted by Gasteiger charge is 2.14. The second-order valence-electron chi connectivity index (χ2n) is 3.65. The number of halogens is 1. The molecule has 0 atom stereocenters. The van der Waals surface area contributed by atoms with Crippen LogP contribution in [0.25, 0.3) is 0 Å². The van der Waals surface area contributed by atoms with Crippen LogP contribution in [-0.2, 0) is 16.6 Å². The van der Waals surface area contributed by atoms with Crippen molar-refractivity contribution >= 4 is 33.0 Å². The van der Waals surface area contributed by atoms with Crippen molar-refractivity contribution in [3.05, 3.63) is 45.4 Å². The molecule has 2 aromatic rings. The summed E-state index contributed by atoms with van der Waals surface area (Å²) in [7, 11) is -3.54. The van der Waals surface area contributed by atoms with E-state index in [4.69, 9.17) is 11.6 Å². The molecule has 0 fully saturated rings. The number of aromatic nitrogens is 1. The first-order chi connectivity index (χ1) is 8.47. The predicted octanol–water partition coefficient (Wildman–Crippen LogP) is 2.58. The van der Waals surface area contributed by atoms with Crippen molar-refractivity contribution in [3.8, 4) is 0 Å². The number of aryl methyl sites for hydroxylation is 1. The van der Waals surface area contributed by atoms with Crippen LogP contribution < -0.4 is 4.72 Å². The Bertz CT molecular complexity index is 653. The van der Waals surface area contributed by atoms with Crippen LogP contribution in [0.15, 0.2) is 35.4 Å². The van der Waals surface area contributed by atoms with Crippen molar-refractivity contribution in [1.82, 2.24) is 9.71 Å². The van der Waals surface area contributed by atoms with Crippen molar-refractivity contribution < 1.29 is 8.42 Å². The van der Waals surface area contributed by atoms with Crippen LogP contribution in [0.4, 0.5) is 0 Å². The van der Waals surface area contributed by atoms with E-state index in [1.54, 1.807) is 18.3 Å². The van der Waals surface area contributed by atoms with Gasteiger partial charge < -0.3 is 0 Å². The zero-order valence-electron chi connectivity index (χ0n) is 9.55. The molecule has 0 aliphatic rings. The summed E-state index contributed by atoms with van der Waals surface area (Å²) in [5.41, 5.74) is 0. The predicted molar refractivity (Wildman–Crippen MR) is 72.3 cm³/mol.